The van der Waals surface area contributed by atoms with Gasteiger partial charge in [-0.2, -0.15) is 0 Å². The summed E-state index contributed by atoms with van der Waals surface area (Å²) in [6.07, 6.45) is 8.53. The van der Waals surface area contributed by atoms with Crippen LogP contribution < -0.4 is 5.32 Å². The molecule has 2 nitrogen and oxygen atoms in total. The Morgan fingerprint density at radius 2 is 2.38 bits per heavy atom. The van der Waals surface area contributed by atoms with Crippen molar-refractivity contribution >= 4 is 11.3 Å². The summed E-state index contributed by atoms with van der Waals surface area (Å²) in [6, 6.07) is 0. The predicted molar refractivity (Wildman–Crippen MR) is 69.7 cm³/mol. The molecule has 1 aliphatic rings. The molecular weight excluding hydrogens is 216 g/mol. The average molecular weight is 238 g/mol. The summed E-state index contributed by atoms with van der Waals surface area (Å²) >= 11 is 1.81. The molecule has 1 aromatic heterocycles. The van der Waals surface area contributed by atoms with Gasteiger partial charge in [-0.1, -0.05) is 33.1 Å². The molecule has 1 aromatic rings. The van der Waals surface area contributed by atoms with Gasteiger partial charge in [0, 0.05) is 11.6 Å². The van der Waals surface area contributed by atoms with E-state index >= 15 is 0 Å². The minimum Gasteiger partial charge on any atom is -0.305 e. The quantitative estimate of drug-likeness (QED) is 0.867. The third-order valence-electron chi connectivity index (χ3n) is 3.87. The maximum absolute atomic E-state index is 4.58. The van der Waals surface area contributed by atoms with Crippen LogP contribution in [0.3, 0.4) is 0 Å². The van der Waals surface area contributed by atoms with Crippen LogP contribution in [0.4, 0.5) is 0 Å². The fourth-order valence-corrected chi connectivity index (χ4v) is 4.07. The Bertz CT molecular complexity index is 306. The second-order valence-electron chi connectivity index (χ2n) is 4.69. The van der Waals surface area contributed by atoms with E-state index in [1.54, 1.807) is 0 Å². The Morgan fingerprint density at radius 3 is 3.00 bits per heavy atom. The minimum absolute atomic E-state index is 0.177. The second kappa shape index (κ2) is 5.28. The van der Waals surface area contributed by atoms with E-state index in [1.165, 1.54) is 37.1 Å². The normalized spacial score (nSPS) is 30.5. The van der Waals surface area contributed by atoms with Gasteiger partial charge in [0.2, 0.25) is 0 Å². The monoisotopic (exact) mass is 238 g/mol. The van der Waals surface area contributed by atoms with Crippen molar-refractivity contribution in [1.29, 1.82) is 0 Å². The topological polar surface area (TPSA) is 24.9 Å². The standard InChI is InChI=1S/C13H22N2S/c1-3-11-7-5-6-8-13(11,15-4-2)12-14-9-10-16-12/h9-11,15H,3-8H2,1-2H3. The van der Waals surface area contributed by atoms with Crippen LogP contribution in [0.15, 0.2) is 11.6 Å². The molecule has 0 spiro atoms. The van der Waals surface area contributed by atoms with Gasteiger partial charge < -0.3 is 5.32 Å². The molecule has 0 radical (unpaired) electrons. The van der Waals surface area contributed by atoms with E-state index in [-0.39, 0.29) is 5.54 Å². The van der Waals surface area contributed by atoms with Gasteiger partial charge in [-0.15, -0.1) is 11.3 Å². The molecule has 0 bridgehead atoms. The maximum Gasteiger partial charge on any atom is 0.113 e. The fraction of sp³-hybridized carbons (Fsp3) is 0.769. The van der Waals surface area contributed by atoms with E-state index in [9.17, 15) is 0 Å². The summed E-state index contributed by atoms with van der Waals surface area (Å²) in [6.45, 7) is 5.56. The van der Waals surface area contributed by atoms with Crippen molar-refractivity contribution in [1.82, 2.24) is 10.3 Å². The molecule has 2 rings (SSSR count). The Balaban J connectivity index is 2.31. The lowest BCUT2D eigenvalue weighted by molar-refractivity contribution is 0.138. The molecule has 3 heteroatoms. The summed E-state index contributed by atoms with van der Waals surface area (Å²) in [4.78, 5) is 4.58. The molecule has 16 heavy (non-hydrogen) atoms. The Morgan fingerprint density at radius 1 is 1.50 bits per heavy atom. The van der Waals surface area contributed by atoms with E-state index in [1.807, 2.05) is 17.5 Å². The van der Waals surface area contributed by atoms with Crippen molar-refractivity contribution in [2.45, 2.75) is 51.5 Å². The largest absolute Gasteiger partial charge is 0.305 e. The van der Waals surface area contributed by atoms with Gasteiger partial charge in [0.05, 0.1) is 5.54 Å². The third-order valence-corrected chi connectivity index (χ3v) is 4.82. The Kier molecular flexibility index (Phi) is 3.98. The number of nitrogens with one attached hydrogen (secondary N) is 1. The van der Waals surface area contributed by atoms with Crippen molar-refractivity contribution in [2.24, 2.45) is 5.92 Å². The predicted octanol–water partition coefficient (Wildman–Crippen LogP) is 3.55. The zero-order valence-corrected chi connectivity index (χ0v) is 11.1. The average Bonchev–Trinajstić information content (AvgIpc) is 2.84. The lowest BCUT2D eigenvalue weighted by Crippen LogP contribution is -2.50. The molecule has 1 aliphatic carbocycles. The van der Waals surface area contributed by atoms with Gasteiger partial charge in [-0.3, -0.25) is 0 Å². The number of nitrogens with zero attached hydrogens (tertiary/aromatic N) is 1. The molecule has 2 atom stereocenters. The summed E-state index contributed by atoms with van der Waals surface area (Å²) in [5.41, 5.74) is 0.177. The second-order valence-corrected chi connectivity index (χ2v) is 5.58. The van der Waals surface area contributed by atoms with Crippen molar-refractivity contribution in [3.8, 4) is 0 Å². The number of hydrogen-bond acceptors (Lipinski definition) is 3. The van der Waals surface area contributed by atoms with Crippen LogP contribution in [0.25, 0.3) is 0 Å². The van der Waals surface area contributed by atoms with Gasteiger partial charge in [-0.25, -0.2) is 4.98 Å². The lowest BCUT2D eigenvalue weighted by Gasteiger charge is -2.43. The summed E-state index contributed by atoms with van der Waals surface area (Å²) in [7, 11) is 0. The molecular formula is C13H22N2S. The number of rotatable bonds is 4. The van der Waals surface area contributed by atoms with Gasteiger partial charge >= 0.3 is 0 Å². The molecule has 2 unspecified atom stereocenters. The van der Waals surface area contributed by atoms with Crippen molar-refractivity contribution in [3.63, 3.8) is 0 Å². The van der Waals surface area contributed by atoms with Gasteiger partial charge in [0.15, 0.2) is 0 Å². The molecule has 0 amide bonds. The lowest BCUT2D eigenvalue weighted by atomic mass is 9.71. The summed E-state index contributed by atoms with van der Waals surface area (Å²) < 4.78 is 0. The minimum atomic E-state index is 0.177. The Labute approximate surface area is 102 Å². The van der Waals surface area contributed by atoms with Crippen LogP contribution in [-0.2, 0) is 5.54 Å². The first kappa shape index (κ1) is 12.1. The smallest absolute Gasteiger partial charge is 0.113 e. The highest BCUT2D eigenvalue weighted by Crippen LogP contribution is 2.43. The third kappa shape index (κ3) is 2.03. The molecule has 1 saturated carbocycles. The first-order valence-electron chi connectivity index (χ1n) is 6.48. The number of thiazole rings is 1. The summed E-state index contributed by atoms with van der Waals surface area (Å²) in [5, 5.41) is 7.16. The zero-order valence-electron chi connectivity index (χ0n) is 10.3. The molecule has 1 N–H and O–H groups in total. The number of aromatic nitrogens is 1. The van der Waals surface area contributed by atoms with Crippen LogP contribution in [0.2, 0.25) is 0 Å². The highest BCUT2D eigenvalue weighted by molar-refractivity contribution is 7.09. The first-order chi connectivity index (χ1) is 7.83. The van der Waals surface area contributed by atoms with Crippen molar-refractivity contribution in [3.05, 3.63) is 16.6 Å². The zero-order chi connectivity index (χ0) is 11.4. The fourth-order valence-electron chi connectivity index (χ4n) is 3.15. The molecule has 1 heterocycles. The van der Waals surface area contributed by atoms with Crippen molar-refractivity contribution < 1.29 is 0 Å². The van der Waals surface area contributed by atoms with Gasteiger partial charge in [0.25, 0.3) is 0 Å². The SMILES string of the molecule is CCNC1(c2nccs2)CCCCC1CC. The molecule has 0 aliphatic heterocycles. The van der Waals surface area contributed by atoms with E-state index < -0.39 is 0 Å². The van der Waals surface area contributed by atoms with E-state index in [0.717, 1.165) is 12.5 Å². The summed E-state index contributed by atoms with van der Waals surface area (Å²) in [5.74, 6) is 0.757. The van der Waals surface area contributed by atoms with Crippen LogP contribution in [0.5, 0.6) is 0 Å². The molecule has 0 saturated heterocycles. The molecule has 0 aromatic carbocycles. The van der Waals surface area contributed by atoms with E-state index in [2.05, 4.69) is 29.5 Å². The Hall–Kier alpha value is -0.410. The van der Waals surface area contributed by atoms with E-state index in [4.69, 9.17) is 0 Å². The molecule has 1 fully saturated rings. The van der Waals surface area contributed by atoms with Crippen LogP contribution in [0.1, 0.15) is 51.0 Å². The van der Waals surface area contributed by atoms with Gasteiger partial charge in [-0.05, 0) is 25.3 Å². The van der Waals surface area contributed by atoms with Crippen LogP contribution >= 0.6 is 11.3 Å². The highest BCUT2D eigenvalue weighted by atomic mass is 32.1. The van der Waals surface area contributed by atoms with Crippen molar-refractivity contribution in [2.75, 3.05) is 6.54 Å². The van der Waals surface area contributed by atoms with Gasteiger partial charge in [0.1, 0.15) is 5.01 Å². The number of hydrogen-bond donors (Lipinski definition) is 1. The highest BCUT2D eigenvalue weighted by Gasteiger charge is 2.42. The first-order valence-corrected chi connectivity index (χ1v) is 7.36. The van der Waals surface area contributed by atoms with E-state index in [0.29, 0.717) is 0 Å². The van der Waals surface area contributed by atoms with Crippen LogP contribution in [-0.4, -0.2) is 11.5 Å². The van der Waals surface area contributed by atoms with Crippen LogP contribution in [0, 0.1) is 5.92 Å². The maximum atomic E-state index is 4.58. The molecule has 90 valence electrons.